The molecule has 1 nitrogen and oxygen atoms in total. The number of fused-ring (bicyclic) bond motifs is 1. The molecule has 2 aromatic carbocycles. The molecule has 15 heavy (non-hydrogen) atoms. The van der Waals surface area contributed by atoms with Crippen LogP contribution in [0.1, 0.15) is 10.4 Å². The Labute approximate surface area is 95.0 Å². The summed E-state index contributed by atoms with van der Waals surface area (Å²) in [5.74, 6) is -0.336. The van der Waals surface area contributed by atoms with Crippen molar-refractivity contribution in [1.29, 1.82) is 0 Å². The third-order valence-electron chi connectivity index (χ3n) is 2.27. The summed E-state index contributed by atoms with van der Waals surface area (Å²) in [6.07, 6.45) is 0. The normalized spacial score (nSPS) is 10.5. The van der Waals surface area contributed by atoms with E-state index in [-0.39, 0.29) is 16.9 Å². The van der Waals surface area contributed by atoms with Crippen molar-refractivity contribution in [3.8, 4) is 0 Å². The van der Waals surface area contributed by atoms with Crippen molar-refractivity contribution in [3.05, 3.63) is 47.8 Å². The summed E-state index contributed by atoms with van der Waals surface area (Å²) in [5, 5.41) is 1.55. The Morgan fingerprint density at radius 3 is 2.80 bits per heavy atom. The van der Waals surface area contributed by atoms with Crippen LogP contribution in [-0.2, 0) is 0 Å². The van der Waals surface area contributed by atoms with Gasteiger partial charge in [-0.3, -0.25) is 4.79 Å². The fourth-order valence-corrected chi connectivity index (χ4v) is 1.81. The lowest BCUT2D eigenvalue weighted by Gasteiger charge is -2.02. The first-order valence-electron chi connectivity index (χ1n) is 4.50. The Morgan fingerprint density at radius 1 is 1.27 bits per heavy atom. The monoisotopic (exact) mass is 266 g/mol. The van der Waals surface area contributed by atoms with Gasteiger partial charge in [-0.2, -0.15) is 0 Å². The maximum Gasteiger partial charge on any atom is 0.173 e. The molecular formula is C12H8BrFO. The van der Waals surface area contributed by atoms with Gasteiger partial charge in [-0.15, -0.1) is 0 Å². The lowest BCUT2D eigenvalue weighted by Crippen LogP contribution is -1.99. The van der Waals surface area contributed by atoms with Crippen LogP contribution in [-0.4, -0.2) is 11.1 Å². The van der Waals surface area contributed by atoms with Gasteiger partial charge < -0.3 is 0 Å². The third-order valence-corrected chi connectivity index (χ3v) is 2.78. The van der Waals surface area contributed by atoms with Crippen LogP contribution in [0.25, 0.3) is 10.8 Å². The van der Waals surface area contributed by atoms with E-state index in [4.69, 9.17) is 0 Å². The predicted octanol–water partition coefficient (Wildman–Crippen LogP) is 3.56. The minimum atomic E-state index is -0.295. The largest absolute Gasteiger partial charge is 0.293 e. The maximum atomic E-state index is 13.4. The Hall–Kier alpha value is -1.22. The van der Waals surface area contributed by atoms with Crippen LogP contribution in [0.15, 0.2) is 36.4 Å². The molecule has 76 valence electrons. The molecular weight excluding hydrogens is 259 g/mol. The number of carbonyl (C=O) groups excluding carboxylic acids is 1. The second kappa shape index (κ2) is 4.11. The number of hydrogen-bond acceptors (Lipinski definition) is 1. The van der Waals surface area contributed by atoms with E-state index in [0.29, 0.717) is 10.9 Å². The molecule has 0 saturated carbocycles. The third kappa shape index (κ3) is 1.92. The summed E-state index contributed by atoms with van der Waals surface area (Å²) >= 11 is 3.09. The Balaban J connectivity index is 2.64. The quantitative estimate of drug-likeness (QED) is 0.600. The highest BCUT2D eigenvalue weighted by Gasteiger charge is 2.06. The number of ketones is 1. The molecule has 0 saturated heterocycles. The molecule has 0 radical (unpaired) electrons. The van der Waals surface area contributed by atoms with Crippen LogP contribution >= 0.6 is 15.9 Å². The number of benzene rings is 2. The molecule has 0 heterocycles. The van der Waals surface area contributed by atoms with E-state index in [1.54, 1.807) is 24.3 Å². The van der Waals surface area contributed by atoms with Gasteiger partial charge in [-0.05, 0) is 17.5 Å². The van der Waals surface area contributed by atoms with Gasteiger partial charge in [0.05, 0.1) is 5.33 Å². The number of rotatable bonds is 2. The molecule has 0 aliphatic carbocycles. The SMILES string of the molecule is O=C(CBr)c1ccc2cccc(F)c2c1. The summed E-state index contributed by atoms with van der Waals surface area (Å²) < 4.78 is 13.4. The molecule has 0 aliphatic heterocycles. The molecule has 3 heteroatoms. The van der Waals surface area contributed by atoms with Crippen LogP contribution in [0.2, 0.25) is 0 Å². The lowest BCUT2D eigenvalue weighted by atomic mass is 10.0. The number of hydrogen-bond donors (Lipinski definition) is 0. The molecule has 0 amide bonds. The molecule has 0 aliphatic rings. The highest BCUT2D eigenvalue weighted by atomic mass is 79.9. The van der Waals surface area contributed by atoms with E-state index in [2.05, 4.69) is 15.9 Å². The van der Waals surface area contributed by atoms with Crippen molar-refractivity contribution >= 4 is 32.5 Å². The Bertz CT molecular complexity index is 522. The van der Waals surface area contributed by atoms with Crippen LogP contribution in [0.5, 0.6) is 0 Å². The maximum absolute atomic E-state index is 13.4. The molecule has 0 spiro atoms. The van der Waals surface area contributed by atoms with E-state index < -0.39 is 0 Å². The summed E-state index contributed by atoms with van der Waals surface area (Å²) in [4.78, 5) is 11.4. The van der Waals surface area contributed by atoms with Crippen molar-refractivity contribution in [1.82, 2.24) is 0 Å². The van der Waals surface area contributed by atoms with Gasteiger partial charge in [-0.25, -0.2) is 4.39 Å². The summed E-state index contributed by atoms with van der Waals surface area (Å²) in [6.45, 7) is 0. The van der Waals surface area contributed by atoms with Crippen LogP contribution in [0.3, 0.4) is 0 Å². The number of halogens is 2. The van der Waals surface area contributed by atoms with E-state index in [1.807, 2.05) is 6.07 Å². The Morgan fingerprint density at radius 2 is 2.07 bits per heavy atom. The molecule has 0 aromatic heterocycles. The highest BCUT2D eigenvalue weighted by Crippen LogP contribution is 2.19. The minimum absolute atomic E-state index is 0.0415. The zero-order chi connectivity index (χ0) is 10.8. The summed E-state index contributed by atoms with van der Waals surface area (Å²) in [5.41, 5.74) is 0.532. The Kier molecular flexibility index (Phi) is 2.82. The van der Waals surface area contributed by atoms with Crippen molar-refractivity contribution < 1.29 is 9.18 Å². The molecule has 0 unspecified atom stereocenters. The minimum Gasteiger partial charge on any atom is -0.293 e. The highest BCUT2D eigenvalue weighted by molar-refractivity contribution is 9.09. The average molecular weight is 267 g/mol. The van der Waals surface area contributed by atoms with Gasteiger partial charge in [-0.1, -0.05) is 40.2 Å². The first kappa shape index (κ1) is 10.3. The van der Waals surface area contributed by atoms with Gasteiger partial charge in [0.25, 0.3) is 0 Å². The van der Waals surface area contributed by atoms with E-state index in [0.717, 1.165) is 5.39 Å². The van der Waals surface area contributed by atoms with Gasteiger partial charge in [0.2, 0.25) is 0 Å². The second-order valence-electron chi connectivity index (χ2n) is 3.23. The van der Waals surface area contributed by atoms with Gasteiger partial charge in [0.15, 0.2) is 5.78 Å². The number of alkyl halides is 1. The predicted molar refractivity (Wildman–Crippen MR) is 62.0 cm³/mol. The second-order valence-corrected chi connectivity index (χ2v) is 3.79. The van der Waals surface area contributed by atoms with E-state index in [1.165, 1.54) is 6.07 Å². The van der Waals surface area contributed by atoms with Gasteiger partial charge >= 0.3 is 0 Å². The summed E-state index contributed by atoms with van der Waals surface area (Å²) in [7, 11) is 0. The molecule has 2 rings (SSSR count). The van der Waals surface area contributed by atoms with Crippen molar-refractivity contribution in [2.75, 3.05) is 5.33 Å². The van der Waals surface area contributed by atoms with E-state index >= 15 is 0 Å². The van der Waals surface area contributed by atoms with Gasteiger partial charge in [0.1, 0.15) is 5.82 Å². The lowest BCUT2D eigenvalue weighted by molar-refractivity contribution is 0.102. The molecule has 0 fully saturated rings. The number of carbonyl (C=O) groups is 1. The molecule has 2 aromatic rings. The zero-order valence-electron chi connectivity index (χ0n) is 7.84. The zero-order valence-corrected chi connectivity index (χ0v) is 9.42. The van der Waals surface area contributed by atoms with Crippen molar-refractivity contribution in [2.45, 2.75) is 0 Å². The van der Waals surface area contributed by atoms with Crippen molar-refractivity contribution in [3.63, 3.8) is 0 Å². The molecule has 0 atom stereocenters. The smallest absolute Gasteiger partial charge is 0.173 e. The first-order chi connectivity index (χ1) is 7.22. The average Bonchev–Trinajstić information content (AvgIpc) is 2.28. The number of Topliss-reactive ketones (excluding diaryl/α,β-unsaturated/α-hetero) is 1. The standard InChI is InChI=1S/C12H8BrFO/c13-7-12(15)9-5-4-8-2-1-3-11(14)10(8)6-9/h1-6H,7H2. The van der Waals surface area contributed by atoms with E-state index in [9.17, 15) is 9.18 Å². The van der Waals surface area contributed by atoms with Gasteiger partial charge in [0, 0.05) is 10.9 Å². The van der Waals surface area contributed by atoms with Crippen LogP contribution in [0, 0.1) is 5.82 Å². The fraction of sp³-hybridized carbons (Fsp3) is 0.0833. The summed E-state index contributed by atoms with van der Waals surface area (Å²) in [6, 6.07) is 9.93. The van der Waals surface area contributed by atoms with Crippen LogP contribution < -0.4 is 0 Å². The molecule has 0 bridgehead atoms. The topological polar surface area (TPSA) is 17.1 Å². The fourth-order valence-electron chi connectivity index (χ4n) is 1.49. The first-order valence-corrected chi connectivity index (χ1v) is 5.62. The molecule has 0 N–H and O–H groups in total. The van der Waals surface area contributed by atoms with Crippen molar-refractivity contribution in [2.24, 2.45) is 0 Å². The van der Waals surface area contributed by atoms with Crippen LogP contribution in [0.4, 0.5) is 4.39 Å².